The normalized spacial score (nSPS) is 11.8. The number of hydrogen-bond acceptors (Lipinski definition) is 4. The average molecular weight is 1820 g/mol. The number of nitriles is 1. The third-order valence-corrected chi connectivity index (χ3v) is 29.4. The van der Waals surface area contributed by atoms with E-state index in [1.54, 1.807) is 0 Å². The van der Waals surface area contributed by atoms with Crippen LogP contribution in [0.15, 0.2) is 504 Å². The van der Waals surface area contributed by atoms with Crippen molar-refractivity contribution in [3.05, 3.63) is 509 Å². The molecule has 7 heteroatoms. The first-order chi connectivity index (χ1) is 70.8. The van der Waals surface area contributed by atoms with Gasteiger partial charge in [0.05, 0.1) is 44.7 Å². The van der Waals surface area contributed by atoms with E-state index in [1.165, 1.54) is 103 Å². The Hall–Kier alpha value is -19.3. The second kappa shape index (κ2) is 33.6. The van der Waals surface area contributed by atoms with E-state index in [0.717, 1.165) is 161 Å². The van der Waals surface area contributed by atoms with Crippen LogP contribution >= 0.6 is 0 Å². The van der Waals surface area contributed by atoms with Gasteiger partial charge in [-0.3, -0.25) is 0 Å². The Bertz CT molecular complexity index is 10100. The molecule has 0 aliphatic rings. The second-order valence-electron chi connectivity index (χ2n) is 37.6. The minimum atomic E-state index is 0.586. The summed E-state index contributed by atoms with van der Waals surface area (Å²) in [6.45, 7) is 0. The highest BCUT2D eigenvalue weighted by atomic mass is 15.0. The fraction of sp³-hybridized carbons (Fsp3) is 0. The zero-order valence-corrected chi connectivity index (χ0v) is 77.6. The van der Waals surface area contributed by atoms with E-state index < -0.39 is 0 Å². The Morgan fingerprint density at radius 2 is 0.350 bits per heavy atom. The number of para-hydroxylation sites is 3. The molecular weight excluding hydrogens is 1730 g/mol. The average Bonchev–Trinajstić information content (AvgIpc) is 1.67. The SMILES string of the molecule is N#Cc1ccc(-n2c3ccccc3c3cc(-c4ccc5c(c4)c4ccccc4n5-c4ccc5c(c4)c4ccccc4n5-c4ccc(-c5ccc(-c6cc(-c7cccc(-c8cccc(-c9nc(-c%10ccccc%10)nc(-c%10cccc(-c%11cccc(-c%12ccc%13c%14ccccc%14c%14ccccc%14c%13c%12)c%11)c%10)n9)c8)c7)cc(-c7cccc(-c8ccc9c%10ccccc%10c%10ccccc%10c9c8)c7)c6)cc5)cc4)ccc32)cc1. The molecule has 7 nitrogen and oxygen atoms in total. The van der Waals surface area contributed by atoms with E-state index in [4.69, 9.17) is 15.0 Å². The predicted octanol–water partition coefficient (Wildman–Crippen LogP) is 36.0. The molecule has 0 spiro atoms. The molecule has 28 aromatic rings. The molecule has 28 rings (SSSR count). The van der Waals surface area contributed by atoms with Crippen molar-refractivity contribution in [1.29, 1.82) is 5.26 Å². The van der Waals surface area contributed by atoms with Gasteiger partial charge in [-0.15, -0.1) is 0 Å². The van der Waals surface area contributed by atoms with Gasteiger partial charge in [-0.1, -0.05) is 346 Å². The largest absolute Gasteiger partial charge is 0.309 e. The molecule has 4 heterocycles. The highest BCUT2D eigenvalue weighted by Gasteiger charge is 2.24. The monoisotopic (exact) mass is 1810 g/mol. The first kappa shape index (κ1) is 82.0. The summed E-state index contributed by atoms with van der Waals surface area (Å²) in [5, 5.41) is 31.8. The number of nitrogens with zero attached hydrogens (tertiary/aromatic N) is 7. The molecule has 143 heavy (non-hydrogen) atoms. The highest BCUT2D eigenvalue weighted by molar-refractivity contribution is 6.28. The van der Waals surface area contributed by atoms with Crippen LogP contribution in [0.1, 0.15) is 5.56 Å². The molecule has 662 valence electrons. The Morgan fingerprint density at radius 3 is 0.727 bits per heavy atom. The summed E-state index contributed by atoms with van der Waals surface area (Å²) in [6, 6.07) is 186. The summed E-state index contributed by atoms with van der Waals surface area (Å²) in [4.78, 5) is 15.9. The Labute approximate surface area is 824 Å². The van der Waals surface area contributed by atoms with Gasteiger partial charge in [0.2, 0.25) is 0 Å². The fourth-order valence-corrected chi connectivity index (χ4v) is 22.5. The van der Waals surface area contributed by atoms with Crippen LogP contribution in [0, 0.1) is 11.3 Å². The van der Waals surface area contributed by atoms with E-state index in [1.807, 2.05) is 42.5 Å². The zero-order valence-electron chi connectivity index (χ0n) is 77.6. The Balaban J connectivity index is 0.500. The predicted molar refractivity (Wildman–Crippen MR) is 598 cm³/mol. The molecule has 0 saturated carbocycles. The highest BCUT2D eigenvalue weighted by Crippen LogP contribution is 2.47. The van der Waals surface area contributed by atoms with Crippen molar-refractivity contribution in [3.8, 4) is 157 Å². The molecule has 0 amide bonds. The standard InChI is InChI=1S/C136H83N7/c137-84-85-49-61-107(62-50-85)141-128-46-15-12-43-120(128)125-81-100(59-68-131(125)141)101-60-69-132-126(82-101)121-44-13-17-48-130(121)143(132)109-65-70-133-127(83-109)122-45-14-16-47-129(122)142(133)108-63-55-87(56-64-108)86-51-53-88(54-52-86)104-76-105(78-106(77-104)97-32-20-28-93(73-97)99-58-67-119-115-40-7-5-36-111(115)113-38-9-11-42-117(113)124(119)80-99)96-31-19-26-91(72-96)95-30-22-34-103(75-95)136-139-134(89-23-2-1-3-24-89)138-135(140-136)102-33-21-29-94(74-102)90-25-18-27-92(71-90)98-57-66-118-114-39-6-4-35-110(114)112-37-8-10-41-116(112)123(118)79-98/h1-83H. The maximum absolute atomic E-state index is 9.62. The minimum absolute atomic E-state index is 0.586. The van der Waals surface area contributed by atoms with Crippen LogP contribution in [-0.4, -0.2) is 28.7 Å². The van der Waals surface area contributed by atoms with Crippen molar-refractivity contribution in [2.24, 2.45) is 0 Å². The molecule has 0 aliphatic carbocycles. The van der Waals surface area contributed by atoms with E-state index in [-0.39, 0.29) is 0 Å². The molecule has 0 atom stereocenters. The zero-order chi connectivity index (χ0) is 94.3. The van der Waals surface area contributed by atoms with Gasteiger partial charge >= 0.3 is 0 Å². The molecule has 0 bridgehead atoms. The van der Waals surface area contributed by atoms with Crippen molar-refractivity contribution in [2.45, 2.75) is 0 Å². The molecule has 0 fully saturated rings. The maximum Gasteiger partial charge on any atom is 0.164 e. The van der Waals surface area contributed by atoms with Gasteiger partial charge < -0.3 is 13.7 Å². The van der Waals surface area contributed by atoms with Gasteiger partial charge in [0.25, 0.3) is 0 Å². The Morgan fingerprint density at radius 1 is 0.133 bits per heavy atom. The maximum atomic E-state index is 9.62. The lowest BCUT2D eigenvalue weighted by Gasteiger charge is -2.15. The van der Waals surface area contributed by atoms with Gasteiger partial charge in [-0.2, -0.15) is 5.26 Å². The molecular formula is C136H83N7. The summed E-state index contributed by atoms with van der Waals surface area (Å²) in [5.41, 5.74) is 33.5. The van der Waals surface area contributed by atoms with Gasteiger partial charge in [0.1, 0.15) is 0 Å². The third-order valence-electron chi connectivity index (χ3n) is 29.4. The summed E-state index contributed by atoms with van der Waals surface area (Å²) in [5.74, 6) is 1.78. The number of hydrogen-bond donors (Lipinski definition) is 0. The number of aromatic nitrogens is 6. The lowest BCUT2D eigenvalue weighted by molar-refractivity contribution is 1.07. The summed E-state index contributed by atoms with van der Waals surface area (Å²) in [6.07, 6.45) is 0. The van der Waals surface area contributed by atoms with Gasteiger partial charge in [0.15, 0.2) is 17.5 Å². The number of rotatable bonds is 15. The van der Waals surface area contributed by atoms with Crippen molar-refractivity contribution in [3.63, 3.8) is 0 Å². The lowest BCUT2D eigenvalue weighted by Crippen LogP contribution is -2.00. The molecule has 0 N–H and O–H groups in total. The molecule has 24 aromatic carbocycles. The minimum Gasteiger partial charge on any atom is -0.309 e. The van der Waals surface area contributed by atoms with Crippen LogP contribution in [0.25, 0.3) is 281 Å². The number of benzene rings is 24. The quantitative estimate of drug-likeness (QED) is 0.0959. The van der Waals surface area contributed by atoms with E-state index in [2.05, 4.69) is 481 Å². The van der Waals surface area contributed by atoms with Gasteiger partial charge in [-0.25, -0.2) is 15.0 Å². The first-order valence-corrected chi connectivity index (χ1v) is 48.8. The molecule has 4 aromatic heterocycles. The summed E-state index contributed by atoms with van der Waals surface area (Å²) < 4.78 is 7.15. The van der Waals surface area contributed by atoms with Gasteiger partial charge in [-0.05, 0) is 323 Å². The summed E-state index contributed by atoms with van der Waals surface area (Å²) in [7, 11) is 0. The Kier molecular flexibility index (Phi) is 19.3. The van der Waals surface area contributed by atoms with Crippen LogP contribution < -0.4 is 0 Å². The smallest absolute Gasteiger partial charge is 0.164 e. The molecule has 0 radical (unpaired) electrons. The van der Waals surface area contributed by atoms with E-state index in [0.29, 0.717) is 23.0 Å². The first-order valence-electron chi connectivity index (χ1n) is 48.8. The van der Waals surface area contributed by atoms with Crippen molar-refractivity contribution in [2.75, 3.05) is 0 Å². The van der Waals surface area contributed by atoms with Crippen molar-refractivity contribution in [1.82, 2.24) is 28.7 Å². The van der Waals surface area contributed by atoms with E-state index >= 15 is 0 Å². The van der Waals surface area contributed by atoms with Crippen LogP contribution in [0.3, 0.4) is 0 Å². The van der Waals surface area contributed by atoms with Crippen molar-refractivity contribution < 1.29 is 0 Å². The lowest BCUT2D eigenvalue weighted by atomic mass is 9.90. The molecule has 0 aliphatic heterocycles. The van der Waals surface area contributed by atoms with Crippen LogP contribution in [-0.2, 0) is 0 Å². The second-order valence-corrected chi connectivity index (χ2v) is 37.6. The fourth-order valence-electron chi connectivity index (χ4n) is 22.5. The topological polar surface area (TPSA) is 77.2 Å². The van der Waals surface area contributed by atoms with Crippen molar-refractivity contribution >= 4 is 130 Å². The van der Waals surface area contributed by atoms with E-state index in [9.17, 15) is 5.26 Å². The van der Waals surface area contributed by atoms with Crippen LogP contribution in [0.2, 0.25) is 0 Å². The van der Waals surface area contributed by atoms with Gasteiger partial charge in [0, 0.05) is 66.1 Å². The van der Waals surface area contributed by atoms with Crippen LogP contribution in [0.5, 0.6) is 0 Å². The molecule has 0 unspecified atom stereocenters. The van der Waals surface area contributed by atoms with Crippen LogP contribution in [0.4, 0.5) is 0 Å². The number of fused-ring (bicyclic) bond motifs is 21. The molecule has 0 saturated heterocycles. The third kappa shape index (κ3) is 14.1. The summed E-state index contributed by atoms with van der Waals surface area (Å²) >= 11 is 0.